The van der Waals surface area contributed by atoms with Gasteiger partial charge in [0.2, 0.25) is 0 Å². The summed E-state index contributed by atoms with van der Waals surface area (Å²) in [5.74, 6) is 0.998. The Morgan fingerprint density at radius 1 is 1.40 bits per heavy atom. The smallest absolute Gasteiger partial charge is 0.175 e. The van der Waals surface area contributed by atoms with E-state index in [1.807, 2.05) is 13.2 Å². The van der Waals surface area contributed by atoms with Crippen LogP contribution in [0.4, 0.5) is 0 Å². The number of hydrogen-bond donors (Lipinski definition) is 0. The van der Waals surface area contributed by atoms with Crippen molar-refractivity contribution in [3.8, 4) is 17.1 Å². The molecule has 0 atom stereocenters. The second-order valence-electron chi connectivity index (χ2n) is 2.96. The molecule has 0 unspecified atom stereocenters. The number of methoxy groups -OCH3 is 1. The van der Waals surface area contributed by atoms with Crippen LogP contribution in [0.15, 0.2) is 18.6 Å². The molecule has 0 aliphatic rings. The van der Waals surface area contributed by atoms with E-state index in [1.165, 1.54) is 13.3 Å². The SMILES string of the molecule is COc1cnc(-c2cnn(C)c2)nc1Cl. The Morgan fingerprint density at radius 3 is 2.73 bits per heavy atom. The van der Waals surface area contributed by atoms with Gasteiger partial charge < -0.3 is 4.74 Å². The van der Waals surface area contributed by atoms with E-state index in [0.29, 0.717) is 16.7 Å². The minimum absolute atomic E-state index is 0.298. The fraction of sp³-hybridized carbons (Fsp3) is 0.222. The molecule has 0 bridgehead atoms. The van der Waals surface area contributed by atoms with Crippen molar-refractivity contribution in [2.75, 3.05) is 7.11 Å². The van der Waals surface area contributed by atoms with E-state index in [0.717, 1.165) is 5.56 Å². The third-order valence-electron chi connectivity index (χ3n) is 1.89. The first-order chi connectivity index (χ1) is 7.20. The Labute approximate surface area is 91.7 Å². The lowest BCUT2D eigenvalue weighted by molar-refractivity contribution is 0.411. The maximum Gasteiger partial charge on any atom is 0.175 e. The first-order valence-corrected chi connectivity index (χ1v) is 4.64. The molecule has 15 heavy (non-hydrogen) atoms. The molecule has 0 aliphatic carbocycles. The third-order valence-corrected chi connectivity index (χ3v) is 2.17. The Kier molecular flexibility index (Phi) is 2.55. The van der Waals surface area contributed by atoms with Gasteiger partial charge in [0.15, 0.2) is 16.7 Å². The largest absolute Gasteiger partial charge is 0.492 e. The monoisotopic (exact) mass is 224 g/mol. The normalized spacial score (nSPS) is 10.3. The van der Waals surface area contributed by atoms with Gasteiger partial charge in [-0.25, -0.2) is 9.97 Å². The number of halogens is 1. The van der Waals surface area contributed by atoms with E-state index in [9.17, 15) is 0 Å². The lowest BCUT2D eigenvalue weighted by atomic mass is 10.3. The fourth-order valence-corrected chi connectivity index (χ4v) is 1.37. The van der Waals surface area contributed by atoms with E-state index in [4.69, 9.17) is 16.3 Å². The molecule has 0 spiro atoms. The van der Waals surface area contributed by atoms with Crippen LogP contribution in [0.3, 0.4) is 0 Å². The second kappa shape index (κ2) is 3.86. The summed E-state index contributed by atoms with van der Waals surface area (Å²) in [6.45, 7) is 0. The van der Waals surface area contributed by atoms with Gasteiger partial charge in [-0.15, -0.1) is 0 Å². The van der Waals surface area contributed by atoms with Crippen molar-refractivity contribution < 1.29 is 4.74 Å². The van der Waals surface area contributed by atoms with Gasteiger partial charge in [-0.3, -0.25) is 4.68 Å². The average molecular weight is 225 g/mol. The molecule has 5 nitrogen and oxygen atoms in total. The molecule has 0 radical (unpaired) electrons. The molecule has 0 aromatic carbocycles. The summed E-state index contributed by atoms with van der Waals surface area (Å²) in [5.41, 5.74) is 0.821. The molecule has 0 saturated heterocycles. The number of aryl methyl sites for hydroxylation is 1. The summed E-state index contributed by atoms with van der Waals surface area (Å²) in [5, 5.41) is 4.33. The summed E-state index contributed by atoms with van der Waals surface area (Å²) in [6.07, 6.45) is 5.04. The van der Waals surface area contributed by atoms with Crippen LogP contribution >= 0.6 is 11.6 Å². The number of hydrogen-bond acceptors (Lipinski definition) is 4. The molecule has 2 aromatic rings. The molecule has 78 valence electrons. The highest BCUT2D eigenvalue weighted by atomic mass is 35.5. The van der Waals surface area contributed by atoms with E-state index < -0.39 is 0 Å². The van der Waals surface area contributed by atoms with Gasteiger partial charge in [-0.05, 0) is 0 Å². The van der Waals surface area contributed by atoms with Crippen molar-refractivity contribution in [2.45, 2.75) is 0 Å². The fourth-order valence-electron chi connectivity index (χ4n) is 1.16. The number of aromatic nitrogens is 4. The van der Waals surface area contributed by atoms with Gasteiger partial charge in [0, 0.05) is 13.2 Å². The van der Waals surface area contributed by atoms with Crippen molar-refractivity contribution in [3.05, 3.63) is 23.7 Å². The van der Waals surface area contributed by atoms with Crippen LogP contribution in [-0.2, 0) is 7.05 Å². The van der Waals surface area contributed by atoms with E-state index in [1.54, 1.807) is 10.9 Å². The van der Waals surface area contributed by atoms with Gasteiger partial charge in [0.05, 0.1) is 25.1 Å². The summed E-state index contributed by atoms with van der Waals surface area (Å²) in [6, 6.07) is 0. The van der Waals surface area contributed by atoms with Gasteiger partial charge >= 0.3 is 0 Å². The highest BCUT2D eigenvalue weighted by Gasteiger charge is 2.08. The molecule has 2 aromatic heterocycles. The van der Waals surface area contributed by atoms with Crippen LogP contribution in [0.5, 0.6) is 5.75 Å². The maximum absolute atomic E-state index is 5.88. The number of rotatable bonds is 2. The molecule has 0 aliphatic heterocycles. The van der Waals surface area contributed by atoms with E-state index in [-0.39, 0.29) is 0 Å². The summed E-state index contributed by atoms with van der Waals surface area (Å²) >= 11 is 5.88. The van der Waals surface area contributed by atoms with Gasteiger partial charge in [-0.1, -0.05) is 11.6 Å². The standard InChI is InChI=1S/C9H9ClN4O/c1-14-5-6(3-12-14)9-11-4-7(15-2)8(10)13-9/h3-5H,1-2H3. The second-order valence-corrected chi connectivity index (χ2v) is 3.31. The maximum atomic E-state index is 5.88. The molecular formula is C9H9ClN4O. The van der Waals surface area contributed by atoms with Gasteiger partial charge in [0.25, 0.3) is 0 Å². The zero-order valence-electron chi connectivity index (χ0n) is 8.31. The predicted octanol–water partition coefficient (Wildman–Crippen LogP) is 1.54. The zero-order valence-corrected chi connectivity index (χ0v) is 9.06. The highest BCUT2D eigenvalue weighted by Crippen LogP contribution is 2.23. The Balaban J connectivity index is 2.42. The van der Waals surface area contributed by atoms with Crippen LogP contribution in [0.1, 0.15) is 0 Å². The predicted molar refractivity (Wildman–Crippen MR) is 55.8 cm³/mol. The molecule has 0 amide bonds. The molecule has 0 fully saturated rings. The third kappa shape index (κ3) is 1.92. The van der Waals surface area contributed by atoms with Crippen LogP contribution < -0.4 is 4.74 Å². The Hall–Kier alpha value is -1.62. The molecule has 0 saturated carbocycles. The van der Waals surface area contributed by atoms with Crippen LogP contribution in [0, 0.1) is 0 Å². The van der Waals surface area contributed by atoms with Crippen molar-refractivity contribution in [1.29, 1.82) is 0 Å². The minimum Gasteiger partial charge on any atom is -0.492 e. The molecule has 2 heterocycles. The van der Waals surface area contributed by atoms with Crippen molar-refractivity contribution in [3.63, 3.8) is 0 Å². The van der Waals surface area contributed by atoms with Crippen molar-refractivity contribution in [2.24, 2.45) is 7.05 Å². The summed E-state index contributed by atoms with van der Waals surface area (Å²) < 4.78 is 6.64. The van der Waals surface area contributed by atoms with Crippen LogP contribution in [0.25, 0.3) is 11.4 Å². The number of ether oxygens (including phenoxy) is 1. The Bertz CT molecular complexity index is 483. The minimum atomic E-state index is 0.298. The zero-order chi connectivity index (χ0) is 10.8. The lowest BCUT2D eigenvalue weighted by Gasteiger charge is -2.02. The molecule has 2 rings (SSSR count). The van der Waals surface area contributed by atoms with Crippen LogP contribution in [-0.4, -0.2) is 26.9 Å². The number of nitrogens with zero attached hydrogens (tertiary/aromatic N) is 4. The molecular weight excluding hydrogens is 216 g/mol. The first kappa shape index (κ1) is 9.92. The van der Waals surface area contributed by atoms with Gasteiger partial charge in [-0.2, -0.15) is 5.10 Å². The van der Waals surface area contributed by atoms with Crippen molar-refractivity contribution in [1.82, 2.24) is 19.7 Å². The average Bonchev–Trinajstić information content (AvgIpc) is 2.65. The molecule has 6 heteroatoms. The summed E-state index contributed by atoms with van der Waals surface area (Å²) in [4.78, 5) is 8.22. The van der Waals surface area contributed by atoms with Crippen molar-refractivity contribution >= 4 is 11.6 Å². The summed E-state index contributed by atoms with van der Waals surface area (Å²) in [7, 11) is 3.35. The topological polar surface area (TPSA) is 52.8 Å². The van der Waals surface area contributed by atoms with E-state index >= 15 is 0 Å². The van der Waals surface area contributed by atoms with E-state index in [2.05, 4.69) is 15.1 Å². The van der Waals surface area contributed by atoms with Crippen LogP contribution in [0.2, 0.25) is 5.15 Å². The lowest BCUT2D eigenvalue weighted by Crippen LogP contribution is -1.92. The highest BCUT2D eigenvalue weighted by molar-refractivity contribution is 6.30. The molecule has 0 N–H and O–H groups in total. The first-order valence-electron chi connectivity index (χ1n) is 4.26. The quantitative estimate of drug-likeness (QED) is 0.727. The Morgan fingerprint density at radius 2 is 2.20 bits per heavy atom. The van der Waals surface area contributed by atoms with Gasteiger partial charge in [0.1, 0.15) is 0 Å².